The van der Waals surface area contributed by atoms with Crippen LogP contribution in [0.1, 0.15) is 30.1 Å². The Morgan fingerprint density at radius 1 is 0.933 bits per heavy atom. The van der Waals surface area contributed by atoms with Gasteiger partial charge in [-0.3, -0.25) is 9.59 Å². The van der Waals surface area contributed by atoms with Gasteiger partial charge in [0.05, 0.1) is 12.7 Å². The van der Waals surface area contributed by atoms with E-state index in [4.69, 9.17) is 14.2 Å². The van der Waals surface area contributed by atoms with Gasteiger partial charge in [0.25, 0.3) is 11.8 Å². The van der Waals surface area contributed by atoms with Gasteiger partial charge in [0.15, 0.2) is 13.2 Å². The molecule has 30 heavy (non-hydrogen) atoms. The number of hydrogen-bond donors (Lipinski definition) is 2. The Bertz CT molecular complexity index is 851. The molecule has 0 saturated heterocycles. The van der Waals surface area contributed by atoms with Gasteiger partial charge in [0.2, 0.25) is 0 Å². The molecule has 0 aliphatic rings. The molecule has 2 rings (SSSR count). The summed E-state index contributed by atoms with van der Waals surface area (Å²) in [6.45, 7) is 2.06. The quantitative estimate of drug-likeness (QED) is 0.433. The first-order chi connectivity index (χ1) is 14.5. The molecule has 0 aliphatic carbocycles. The molecule has 0 atom stereocenters. The molecular formula is C22H26N2O6. The van der Waals surface area contributed by atoms with E-state index in [2.05, 4.69) is 10.6 Å². The fourth-order valence-electron chi connectivity index (χ4n) is 2.40. The normalized spacial score (nSPS) is 10.1. The predicted octanol–water partition coefficient (Wildman–Crippen LogP) is 2.79. The summed E-state index contributed by atoms with van der Waals surface area (Å²) >= 11 is 0. The molecule has 2 N–H and O–H groups in total. The second kappa shape index (κ2) is 12.1. The minimum absolute atomic E-state index is 0.196. The highest BCUT2D eigenvalue weighted by Crippen LogP contribution is 2.17. The summed E-state index contributed by atoms with van der Waals surface area (Å²) in [5.41, 5.74) is 0.879. The van der Waals surface area contributed by atoms with E-state index < -0.39 is 5.97 Å². The summed E-state index contributed by atoms with van der Waals surface area (Å²) in [7, 11) is 1.55. The first-order valence-electron chi connectivity index (χ1n) is 9.62. The van der Waals surface area contributed by atoms with Crippen LogP contribution in [0.25, 0.3) is 0 Å². The van der Waals surface area contributed by atoms with E-state index >= 15 is 0 Å². The maximum absolute atomic E-state index is 12.0. The van der Waals surface area contributed by atoms with Crippen molar-refractivity contribution < 1.29 is 28.6 Å². The number of esters is 1. The molecule has 0 fully saturated rings. The van der Waals surface area contributed by atoms with E-state index in [1.54, 1.807) is 43.5 Å². The van der Waals surface area contributed by atoms with Crippen LogP contribution >= 0.6 is 0 Å². The van der Waals surface area contributed by atoms with Crippen LogP contribution in [0.4, 0.5) is 5.69 Å². The molecule has 160 valence electrons. The minimum atomic E-state index is -0.608. The molecule has 2 aromatic carbocycles. The van der Waals surface area contributed by atoms with Crippen LogP contribution in [-0.2, 0) is 14.3 Å². The van der Waals surface area contributed by atoms with E-state index in [1.807, 2.05) is 6.92 Å². The number of methoxy groups -OCH3 is 1. The maximum atomic E-state index is 12.0. The summed E-state index contributed by atoms with van der Waals surface area (Å²) in [5, 5.41) is 5.38. The van der Waals surface area contributed by atoms with Crippen molar-refractivity contribution in [1.82, 2.24) is 5.32 Å². The summed E-state index contributed by atoms with van der Waals surface area (Å²) in [4.78, 5) is 35.6. The molecule has 0 unspecified atom stereocenters. The second-order valence-electron chi connectivity index (χ2n) is 6.37. The monoisotopic (exact) mass is 414 g/mol. The minimum Gasteiger partial charge on any atom is -0.497 e. The van der Waals surface area contributed by atoms with E-state index in [9.17, 15) is 14.4 Å². The van der Waals surface area contributed by atoms with Crippen LogP contribution < -0.4 is 20.1 Å². The molecular weight excluding hydrogens is 388 g/mol. The van der Waals surface area contributed by atoms with E-state index in [1.165, 1.54) is 12.1 Å². The van der Waals surface area contributed by atoms with E-state index in [-0.39, 0.29) is 30.6 Å². The molecule has 0 spiro atoms. The lowest BCUT2D eigenvalue weighted by Crippen LogP contribution is -2.29. The Hall–Kier alpha value is -3.55. The number of nitrogens with one attached hydrogen (secondary N) is 2. The Labute approximate surface area is 175 Å². The van der Waals surface area contributed by atoms with Gasteiger partial charge in [-0.25, -0.2) is 4.79 Å². The number of rotatable bonds is 11. The molecule has 0 saturated carbocycles. The number of hydrogen-bond acceptors (Lipinski definition) is 6. The van der Waals surface area contributed by atoms with Crippen molar-refractivity contribution in [3.63, 3.8) is 0 Å². The van der Waals surface area contributed by atoms with Gasteiger partial charge in [0.1, 0.15) is 11.5 Å². The predicted molar refractivity (Wildman–Crippen MR) is 112 cm³/mol. The van der Waals surface area contributed by atoms with Crippen molar-refractivity contribution in [2.45, 2.75) is 19.8 Å². The zero-order chi connectivity index (χ0) is 21.8. The molecule has 0 aromatic heterocycles. The molecule has 0 radical (unpaired) electrons. The molecule has 8 heteroatoms. The molecule has 2 aromatic rings. The third-order valence-corrected chi connectivity index (χ3v) is 4.00. The SMILES string of the molecule is CCCCNC(=O)COC(=O)c1ccc(OCC(=O)Nc2cccc(OC)c2)cc1. The number of unbranched alkanes of at least 4 members (excludes halogenated alkanes) is 1. The van der Waals surface area contributed by atoms with Crippen molar-refractivity contribution in [2.75, 3.05) is 32.2 Å². The number of amides is 2. The van der Waals surface area contributed by atoms with Crippen molar-refractivity contribution in [2.24, 2.45) is 0 Å². The van der Waals surface area contributed by atoms with Gasteiger partial charge in [-0.2, -0.15) is 0 Å². The highest BCUT2D eigenvalue weighted by Gasteiger charge is 2.11. The van der Waals surface area contributed by atoms with E-state index in [0.717, 1.165) is 12.8 Å². The average molecular weight is 414 g/mol. The number of ether oxygens (including phenoxy) is 3. The Morgan fingerprint density at radius 3 is 2.40 bits per heavy atom. The Balaban J connectivity index is 1.76. The average Bonchev–Trinajstić information content (AvgIpc) is 2.76. The van der Waals surface area contributed by atoms with E-state index in [0.29, 0.717) is 23.7 Å². The maximum Gasteiger partial charge on any atom is 0.338 e. The summed E-state index contributed by atoms with van der Waals surface area (Å²) < 4.78 is 15.5. The standard InChI is InChI=1S/C22H26N2O6/c1-3-4-12-23-20(25)14-30-22(27)16-8-10-18(11-9-16)29-15-21(26)24-17-6-5-7-19(13-17)28-2/h5-11,13H,3-4,12,14-15H2,1-2H3,(H,23,25)(H,24,26). The van der Waals surface area contributed by atoms with Crippen LogP contribution in [0.5, 0.6) is 11.5 Å². The van der Waals surface area contributed by atoms with Crippen molar-refractivity contribution in [3.8, 4) is 11.5 Å². The van der Waals surface area contributed by atoms with Crippen LogP contribution in [0.3, 0.4) is 0 Å². The van der Waals surface area contributed by atoms with Gasteiger partial charge < -0.3 is 24.8 Å². The fourth-order valence-corrected chi connectivity index (χ4v) is 2.40. The third kappa shape index (κ3) is 7.83. The first kappa shape index (κ1) is 22.7. The van der Waals surface area contributed by atoms with Gasteiger partial charge in [-0.1, -0.05) is 19.4 Å². The van der Waals surface area contributed by atoms with Crippen LogP contribution in [-0.4, -0.2) is 44.7 Å². The summed E-state index contributed by atoms with van der Waals surface area (Å²) in [6.07, 6.45) is 1.84. The number of carbonyl (C=O) groups is 3. The Morgan fingerprint density at radius 2 is 1.70 bits per heavy atom. The lowest BCUT2D eigenvalue weighted by atomic mass is 10.2. The van der Waals surface area contributed by atoms with Gasteiger partial charge in [0, 0.05) is 18.3 Å². The van der Waals surface area contributed by atoms with Crippen LogP contribution in [0.2, 0.25) is 0 Å². The molecule has 2 amide bonds. The van der Waals surface area contributed by atoms with Gasteiger partial charge >= 0.3 is 5.97 Å². The highest BCUT2D eigenvalue weighted by molar-refractivity contribution is 5.92. The second-order valence-corrected chi connectivity index (χ2v) is 6.37. The summed E-state index contributed by atoms with van der Waals surface area (Å²) in [6, 6.07) is 13.1. The zero-order valence-corrected chi connectivity index (χ0v) is 17.1. The topological polar surface area (TPSA) is 103 Å². The molecule has 8 nitrogen and oxygen atoms in total. The lowest BCUT2D eigenvalue weighted by Gasteiger charge is -2.09. The largest absolute Gasteiger partial charge is 0.497 e. The molecule has 0 bridgehead atoms. The highest BCUT2D eigenvalue weighted by atomic mass is 16.5. The Kier molecular flexibility index (Phi) is 9.18. The third-order valence-electron chi connectivity index (χ3n) is 4.00. The number of carbonyl (C=O) groups excluding carboxylic acids is 3. The van der Waals surface area contributed by atoms with Gasteiger partial charge in [-0.15, -0.1) is 0 Å². The zero-order valence-electron chi connectivity index (χ0n) is 17.1. The van der Waals surface area contributed by atoms with Crippen LogP contribution in [0, 0.1) is 0 Å². The first-order valence-corrected chi connectivity index (χ1v) is 9.62. The fraction of sp³-hybridized carbons (Fsp3) is 0.318. The van der Waals surface area contributed by atoms with Crippen LogP contribution in [0.15, 0.2) is 48.5 Å². The van der Waals surface area contributed by atoms with Crippen molar-refractivity contribution in [3.05, 3.63) is 54.1 Å². The molecule has 0 aliphatic heterocycles. The summed E-state index contributed by atoms with van der Waals surface area (Å²) in [5.74, 6) is -0.220. The molecule has 0 heterocycles. The number of anilines is 1. The van der Waals surface area contributed by atoms with Gasteiger partial charge in [-0.05, 0) is 42.8 Å². The van der Waals surface area contributed by atoms with Crippen molar-refractivity contribution in [1.29, 1.82) is 0 Å². The van der Waals surface area contributed by atoms with Crippen molar-refractivity contribution >= 4 is 23.5 Å². The lowest BCUT2D eigenvalue weighted by molar-refractivity contribution is -0.124. The smallest absolute Gasteiger partial charge is 0.338 e. The number of benzene rings is 2.